The van der Waals surface area contributed by atoms with Crippen molar-refractivity contribution >= 4 is 23.2 Å². The summed E-state index contributed by atoms with van der Waals surface area (Å²) in [6.45, 7) is 5.33. The molecule has 1 fully saturated rings. The topological polar surface area (TPSA) is 74.8 Å². The SMILES string of the molecule is CNC(=O)CN1CCN(C(=O)c2cccc(OCc3csc(C)n3)c2)CC1. The standard InChI is InChI=1S/C19H24N4O3S/c1-14-21-16(13-27-14)12-26-17-5-3-4-15(10-17)19(25)23-8-6-22(7-9-23)11-18(24)20-2/h3-5,10,13H,6-9,11-12H2,1-2H3,(H,20,24). The van der Waals surface area contributed by atoms with Crippen molar-refractivity contribution in [1.29, 1.82) is 0 Å². The van der Waals surface area contributed by atoms with Crippen molar-refractivity contribution in [1.82, 2.24) is 20.1 Å². The van der Waals surface area contributed by atoms with Crippen molar-refractivity contribution in [2.45, 2.75) is 13.5 Å². The molecule has 7 nitrogen and oxygen atoms in total. The monoisotopic (exact) mass is 388 g/mol. The summed E-state index contributed by atoms with van der Waals surface area (Å²) in [5, 5.41) is 5.61. The molecule has 1 aliphatic rings. The molecule has 0 radical (unpaired) electrons. The molecule has 8 heteroatoms. The summed E-state index contributed by atoms with van der Waals surface area (Å²) in [7, 11) is 1.63. The third-order valence-electron chi connectivity index (χ3n) is 4.44. The van der Waals surface area contributed by atoms with E-state index in [0.29, 0.717) is 50.6 Å². The van der Waals surface area contributed by atoms with E-state index in [4.69, 9.17) is 4.74 Å². The van der Waals surface area contributed by atoms with Gasteiger partial charge in [0, 0.05) is 44.2 Å². The highest BCUT2D eigenvalue weighted by atomic mass is 32.1. The van der Waals surface area contributed by atoms with Crippen LogP contribution >= 0.6 is 11.3 Å². The number of nitrogens with one attached hydrogen (secondary N) is 1. The zero-order valence-electron chi connectivity index (χ0n) is 15.6. The van der Waals surface area contributed by atoms with E-state index in [2.05, 4.69) is 15.2 Å². The van der Waals surface area contributed by atoms with E-state index in [0.717, 1.165) is 10.7 Å². The van der Waals surface area contributed by atoms with Gasteiger partial charge in [-0.25, -0.2) is 4.98 Å². The minimum absolute atomic E-state index is 0.00469. The van der Waals surface area contributed by atoms with Gasteiger partial charge in [-0.05, 0) is 25.1 Å². The number of thiazole rings is 1. The Labute approximate surface area is 162 Å². The molecule has 1 aliphatic heterocycles. The first-order valence-corrected chi connectivity index (χ1v) is 9.79. The molecule has 0 saturated carbocycles. The van der Waals surface area contributed by atoms with Crippen molar-refractivity contribution in [2.75, 3.05) is 39.8 Å². The Morgan fingerprint density at radius 3 is 2.70 bits per heavy atom. The summed E-state index contributed by atoms with van der Waals surface area (Å²) in [5.41, 5.74) is 1.50. The van der Waals surface area contributed by atoms with E-state index in [1.165, 1.54) is 0 Å². The van der Waals surface area contributed by atoms with Crippen LogP contribution in [-0.2, 0) is 11.4 Å². The molecule has 144 valence electrons. The van der Waals surface area contributed by atoms with Crippen LogP contribution in [0.3, 0.4) is 0 Å². The van der Waals surface area contributed by atoms with Gasteiger partial charge in [-0.15, -0.1) is 11.3 Å². The van der Waals surface area contributed by atoms with Gasteiger partial charge >= 0.3 is 0 Å². The molecular weight excluding hydrogens is 364 g/mol. The number of nitrogens with zero attached hydrogens (tertiary/aromatic N) is 3. The summed E-state index contributed by atoms with van der Waals surface area (Å²) < 4.78 is 5.78. The van der Waals surface area contributed by atoms with Gasteiger partial charge in [0.05, 0.1) is 17.2 Å². The fourth-order valence-electron chi connectivity index (χ4n) is 2.92. The highest BCUT2D eigenvalue weighted by Crippen LogP contribution is 2.18. The molecule has 2 amide bonds. The lowest BCUT2D eigenvalue weighted by molar-refractivity contribution is -0.122. The van der Waals surface area contributed by atoms with Crippen LogP contribution in [0.25, 0.3) is 0 Å². The first-order chi connectivity index (χ1) is 13.0. The number of amides is 2. The van der Waals surface area contributed by atoms with Gasteiger partial charge in [-0.2, -0.15) is 0 Å². The zero-order chi connectivity index (χ0) is 19.2. The van der Waals surface area contributed by atoms with E-state index >= 15 is 0 Å². The molecule has 0 atom stereocenters. The van der Waals surface area contributed by atoms with Gasteiger partial charge < -0.3 is 15.0 Å². The van der Waals surface area contributed by atoms with E-state index in [1.54, 1.807) is 30.5 Å². The molecule has 0 unspecified atom stereocenters. The Morgan fingerprint density at radius 2 is 2.04 bits per heavy atom. The molecular formula is C19H24N4O3S. The largest absolute Gasteiger partial charge is 0.487 e. The number of likely N-dealkylation sites (N-methyl/N-ethyl adjacent to an activating group) is 1. The molecule has 1 N–H and O–H groups in total. The van der Waals surface area contributed by atoms with Gasteiger partial charge in [0.1, 0.15) is 12.4 Å². The van der Waals surface area contributed by atoms with E-state index < -0.39 is 0 Å². The van der Waals surface area contributed by atoms with E-state index in [-0.39, 0.29) is 11.8 Å². The number of ether oxygens (including phenoxy) is 1. The maximum atomic E-state index is 12.8. The maximum absolute atomic E-state index is 12.8. The molecule has 1 aromatic heterocycles. The maximum Gasteiger partial charge on any atom is 0.254 e. The molecule has 1 saturated heterocycles. The average molecular weight is 388 g/mol. The quantitative estimate of drug-likeness (QED) is 0.812. The van der Waals surface area contributed by atoms with Gasteiger partial charge in [-0.1, -0.05) is 6.07 Å². The first kappa shape index (κ1) is 19.3. The lowest BCUT2D eigenvalue weighted by Gasteiger charge is -2.34. The predicted molar refractivity (Wildman–Crippen MR) is 104 cm³/mol. The summed E-state index contributed by atoms with van der Waals surface area (Å²) in [4.78, 5) is 32.5. The number of benzene rings is 1. The summed E-state index contributed by atoms with van der Waals surface area (Å²) in [6.07, 6.45) is 0. The van der Waals surface area contributed by atoms with Crippen LogP contribution < -0.4 is 10.1 Å². The number of carbonyl (C=O) groups excluding carboxylic acids is 2. The summed E-state index contributed by atoms with van der Waals surface area (Å²) in [6, 6.07) is 7.26. The lowest BCUT2D eigenvalue weighted by Crippen LogP contribution is -2.50. The van der Waals surface area contributed by atoms with Crippen LogP contribution in [0, 0.1) is 6.92 Å². The second-order valence-corrected chi connectivity index (χ2v) is 7.48. The minimum Gasteiger partial charge on any atom is -0.487 e. The summed E-state index contributed by atoms with van der Waals surface area (Å²) >= 11 is 1.59. The first-order valence-electron chi connectivity index (χ1n) is 8.91. The Hall–Kier alpha value is -2.45. The van der Waals surface area contributed by atoms with E-state index in [1.807, 2.05) is 29.3 Å². The van der Waals surface area contributed by atoms with E-state index in [9.17, 15) is 9.59 Å². The van der Waals surface area contributed by atoms with Crippen LogP contribution in [0.2, 0.25) is 0 Å². The Bertz CT molecular complexity index is 800. The Kier molecular flexibility index (Phi) is 6.41. The van der Waals surface area contributed by atoms with Crippen molar-refractivity contribution in [3.63, 3.8) is 0 Å². The number of aryl methyl sites for hydroxylation is 1. The minimum atomic E-state index is -0.00968. The Balaban J connectivity index is 1.55. The van der Waals surface area contributed by atoms with Gasteiger partial charge in [-0.3, -0.25) is 14.5 Å². The van der Waals surface area contributed by atoms with Crippen molar-refractivity contribution in [2.24, 2.45) is 0 Å². The summed E-state index contributed by atoms with van der Waals surface area (Å²) in [5.74, 6) is 0.643. The molecule has 2 aromatic rings. The third kappa shape index (κ3) is 5.27. The van der Waals surface area contributed by atoms with Crippen molar-refractivity contribution < 1.29 is 14.3 Å². The van der Waals surface area contributed by atoms with Gasteiger partial charge in [0.15, 0.2) is 0 Å². The molecule has 27 heavy (non-hydrogen) atoms. The number of piperazine rings is 1. The second-order valence-electron chi connectivity index (χ2n) is 6.42. The number of aromatic nitrogens is 1. The zero-order valence-corrected chi connectivity index (χ0v) is 16.4. The molecule has 0 spiro atoms. The fraction of sp³-hybridized carbons (Fsp3) is 0.421. The van der Waals surface area contributed by atoms with Crippen LogP contribution in [-0.4, -0.2) is 66.4 Å². The normalized spacial score (nSPS) is 14.8. The predicted octanol–water partition coefficient (Wildman–Crippen LogP) is 1.53. The smallest absolute Gasteiger partial charge is 0.254 e. The highest BCUT2D eigenvalue weighted by Gasteiger charge is 2.23. The van der Waals surface area contributed by atoms with Gasteiger partial charge in [0.2, 0.25) is 5.91 Å². The number of rotatable bonds is 6. The van der Waals surface area contributed by atoms with Crippen LogP contribution in [0.15, 0.2) is 29.6 Å². The molecule has 3 rings (SSSR count). The highest BCUT2D eigenvalue weighted by molar-refractivity contribution is 7.09. The number of carbonyl (C=O) groups is 2. The van der Waals surface area contributed by atoms with Crippen molar-refractivity contribution in [3.8, 4) is 5.75 Å². The van der Waals surface area contributed by atoms with Crippen molar-refractivity contribution in [3.05, 3.63) is 45.9 Å². The molecule has 0 aliphatic carbocycles. The number of hydrogen-bond donors (Lipinski definition) is 1. The third-order valence-corrected chi connectivity index (χ3v) is 5.26. The lowest BCUT2D eigenvalue weighted by atomic mass is 10.1. The van der Waals surface area contributed by atoms with Gasteiger partial charge in [0.25, 0.3) is 5.91 Å². The van der Waals surface area contributed by atoms with Crippen LogP contribution in [0.5, 0.6) is 5.75 Å². The second kappa shape index (κ2) is 8.96. The van der Waals surface area contributed by atoms with Crippen LogP contribution in [0.1, 0.15) is 21.1 Å². The molecule has 1 aromatic carbocycles. The van der Waals surface area contributed by atoms with Crippen LogP contribution in [0.4, 0.5) is 0 Å². The average Bonchev–Trinajstić information content (AvgIpc) is 3.12. The molecule has 2 heterocycles. The Morgan fingerprint density at radius 1 is 1.26 bits per heavy atom. The molecule has 0 bridgehead atoms. The fourth-order valence-corrected chi connectivity index (χ4v) is 3.52. The number of hydrogen-bond acceptors (Lipinski definition) is 6.